The second-order valence-corrected chi connectivity index (χ2v) is 4.28. The summed E-state index contributed by atoms with van der Waals surface area (Å²) in [5, 5.41) is 6.19. The molecular formula is C14H17N3O2. The average Bonchev–Trinajstić information content (AvgIpc) is 2.90. The fourth-order valence-corrected chi connectivity index (χ4v) is 1.87. The van der Waals surface area contributed by atoms with Gasteiger partial charge in [0.1, 0.15) is 0 Å². The van der Waals surface area contributed by atoms with Crippen molar-refractivity contribution in [1.29, 1.82) is 0 Å². The lowest BCUT2D eigenvalue weighted by Crippen LogP contribution is -2.37. The van der Waals surface area contributed by atoms with Crippen molar-refractivity contribution in [3.8, 4) is 0 Å². The Morgan fingerprint density at radius 3 is 2.84 bits per heavy atom. The van der Waals surface area contributed by atoms with Crippen LogP contribution in [0, 0.1) is 0 Å². The molecule has 0 saturated heterocycles. The maximum Gasteiger partial charge on any atom is 0.252 e. The summed E-state index contributed by atoms with van der Waals surface area (Å²) in [5.74, 6) is -0.409. The van der Waals surface area contributed by atoms with Crippen LogP contribution in [0.3, 0.4) is 0 Å². The Kier molecular flexibility index (Phi) is 4.18. The molecule has 0 fully saturated rings. The van der Waals surface area contributed by atoms with Crippen LogP contribution in [0.4, 0.5) is 0 Å². The highest BCUT2D eigenvalue weighted by atomic mass is 16.2. The summed E-state index contributed by atoms with van der Waals surface area (Å²) in [4.78, 5) is 26.5. The minimum atomic E-state index is -0.239. The number of aromatic amines is 1. The van der Waals surface area contributed by atoms with Crippen molar-refractivity contribution in [3.05, 3.63) is 36.0 Å². The zero-order valence-electron chi connectivity index (χ0n) is 10.8. The van der Waals surface area contributed by atoms with Gasteiger partial charge in [0.2, 0.25) is 5.91 Å². The molecule has 0 atom stereocenters. The molecule has 2 rings (SSSR count). The number of hydrogen-bond acceptors (Lipinski definition) is 2. The molecule has 3 N–H and O–H groups in total. The van der Waals surface area contributed by atoms with Gasteiger partial charge in [0, 0.05) is 29.2 Å². The van der Waals surface area contributed by atoms with E-state index in [2.05, 4.69) is 15.6 Å². The first-order valence-electron chi connectivity index (χ1n) is 6.33. The number of hydrogen-bond donors (Lipinski definition) is 3. The van der Waals surface area contributed by atoms with Crippen molar-refractivity contribution < 1.29 is 9.59 Å². The zero-order valence-corrected chi connectivity index (χ0v) is 10.8. The van der Waals surface area contributed by atoms with Crippen molar-refractivity contribution in [1.82, 2.24) is 15.6 Å². The lowest BCUT2D eigenvalue weighted by molar-refractivity contribution is -0.120. The third-order valence-corrected chi connectivity index (χ3v) is 2.82. The monoisotopic (exact) mass is 259 g/mol. The second-order valence-electron chi connectivity index (χ2n) is 4.28. The van der Waals surface area contributed by atoms with Crippen molar-refractivity contribution in [2.24, 2.45) is 0 Å². The molecule has 5 nitrogen and oxygen atoms in total. The van der Waals surface area contributed by atoms with Crippen LogP contribution in [0.15, 0.2) is 30.5 Å². The molecule has 100 valence electrons. The van der Waals surface area contributed by atoms with Crippen molar-refractivity contribution in [2.45, 2.75) is 13.3 Å². The smallest absolute Gasteiger partial charge is 0.252 e. The van der Waals surface area contributed by atoms with Gasteiger partial charge in [0.25, 0.3) is 5.91 Å². The molecule has 0 aliphatic heterocycles. The maximum absolute atomic E-state index is 12.0. The topological polar surface area (TPSA) is 74.0 Å². The molecular weight excluding hydrogens is 242 g/mol. The van der Waals surface area contributed by atoms with Gasteiger partial charge in [-0.3, -0.25) is 9.59 Å². The van der Waals surface area contributed by atoms with Crippen LogP contribution < -0.4 is 10.6 Å². The number of amides is 2. The Bertz CT molecular complexity index is 589. The van der Waals surface area contributed by atoms with Crippen LogP contribution >= 0.6 is 0 Å². The van der Waals surface area contributed by atoms with Crippen molar-refractivity contribution in [2.75, 3.05) is 13.1 Å². The Balaban J connectivity index is 2.00. The summed E-state index contributed by atoms with van der Waals surface area (Å²) in [6, 6.07) is 7.31. The van der Waals surface area contributed by atoms with Gasteiger partial charge in [-0.2, -0.15) is 0 Å². The van der Waals surface area contributed by atoms with E-state index in [4.69, 9.17) is 0 Å². The molecule has 5 heteroatoms. The van der Waals surface area contributed by atoms with Gasteiger partial charge in [-0.05, 0) is 24.6 Å². The van der Waals surface area contributed by atoms with Gasteiger partial charge in [-0.1, -0.05) is 13.0 Å². The Morgan fingerprint density at radius 1 is 1.21 bits per heavy atom. The number of aromatic nitrogens is 1. The van der Waals surface area contributed by atoms with Crippen LogP contribution in [0.1, 0.15) is 23.7 Å². The number of fused-ring (bicyclic) bond motifs is 1. The Labute approximate surface area is 111 Å². The molecule has 0 bridgehead atoms. The molecule has 2 aromatic rings. The number of H-pyrrole nitrogens is 1. The second kappa shape index (κ2) is 6.04. The molecule has 0 aliphatic carbocycles. The first kappa shape index (κ1) is 13.1. The lowest BCUT2D eigenvalue weighted by atomic mass is 10.1. The van der Waals surface area contributed by atoms with Gasteiger partial charge >= 0.3 is 0 Å². The predicted molar refractivity (Wildman–Crippen MR) is 73.9 cm³/mol. The summed E-state index contributed by atoms with van der Waals surface area (Å²) >= 11 is 0. The van der Waals surface area contributed by atoms with Crippen LogP contribution in [0.25, 0.3) is 10.9 Å². The third kappa shape index (κ3) is 3.13. The van der Waals surface area contributed by atoms with E-state index in [1.165, 1.54) is 0 Å². The lowest BCUT2D eigenvalue weighted by Gasteiger charge is -2.06. The van der Waals surface area contributed by atoms with Crippen LogP contribution in [0.2, 0.25) is 0 Å². The summed E-state index contributed by atoms with van der Waals surface area (Å²) < 4.78 is 0. The predicted octanol–water partition coefficient (Wildman–Crippen LogP) is 1.42. The van der Waals surface area contributed by atoms with E-state index in [1.807, 2.05) is 25.1 Å². The van der Waals surface area contributed by atoms with E-state index in [-0.39, 0.29) is 18.4 Å². The largest absolute Gasteiger partial charge is 0.361 e. The minimum Gasteiger partial charge on any atom is -0.361 e. The van der Waals surface area contributed by atoms with Crippen LogP contribution in [-0.4, -0.2) is 29.9 Å². The minimum absolute atomic E-state index is 0.000353. The van der Waals surface area contributed by atoms with Crippen LogP contribution in [0.5, 0.6) is 0 Å². The highest BCUT2D eigenvalue weighted by molar-refractivity contribution is 6.07. The zero-order chi connectivity index (χ0) is 13.7. The van der Waals surface area contributed by atoms with Gasteiger partial charge < -0.3 is 15.6 Å². The number of nitrogens with one attached hydrogen (secondary N) is 3. The summed E-state index contributed by atoms with van der Waals surface area (Å²) in [7, 11) is 0. The molecule has 0 radical (unpaired) electrons. The highest BCUT2D eigenvalue weighted by Crippen LogP contribution is 2.16. The van der Waals surface area contributed by atoms with Gasteiger partial charge in [0.05, 0.1) is 6.54 Å². The first-order valence-corrected chi connectivity index (χ1v) is 6.33. The first-order chi connectivity index (χ1) is 9.22. The maximum atomic E-state index is 12.0. The highest BCUT2D eigenvalue weighted by Gasteiger charge is 2.11. The molecule has 19 heavy (non-hydrogen) atoms. The Hall–Kier alpha value is -2.30. The van der Waals surface area contributed by atoms with E-state index in [0.29, 0.717) is 12.1 Å². The number of benzene rings is 1. The van der Waals surface area contributed by atoms with E-state index < -0.39 is 0 Å². The van der Waals surface area contributed by atoms with Gasteiger partial charge in [-0.25, -0.2) is 0 Å². The molecule has 1 aromatic carbocycles. The molecule has 0 saturated carbocycles. The van der Waals surface area contributed by atoms with E-state index in [1.54, 1.807) is 12.3 Å². The quantitative estimate of drug-likeness (QED) is 0.759. The fourth-order valence-electron chi connectivity index (χ4n) is 1.87. The molecule has 1 aromatic heterocycles. The Morgan fingerprint density at radius 2 is 2.05 bits per heavy atom. The third-order valence-electron chi connectivity index (χ3n) is 2.82. The number of carbonyl (C=O) groups excluding carboxylic acids is 2. The molecule has 2 amide bonds. The molecule has 0 aliphatic rings. The number of rotatable bonds is 5. The number of carbonyl (C=O) groups is 2. The van der Waals surface area contributed by atoms with Gasteiger partial charge in [-0.15, -0.1) is 0 Å². The summed E-state index contributed by atoms with van der Waals surface area (Å²) in [6.45, 7) is 2.60. The van der Waals surface area contributed by atoms with Gasteiger partial charge in [0.15, 0.2) is 0 Å². The molecule has 1 heterocycles. The normalized spacial score (nSPS) is 10.4. The van der Waals surface area contributed by atoms with Crippen molar-refractivity contribution >= 4 is 22.7 Å². The SMILES string of the molecule is CCCNC(=O)CNC(=O)c1cccc2[nH]ccc12. The summed E-state index contributed by atoms with van der Waals surface area (Å²) in [6.07, 6.45) is 2.66. The van der Waals surface area contributed by atoms with E-state index in [9.17, 15) is 9.59 Å². The standard InChI is InChI=1S/C14H17N3O2/c1-2-7-16-13(18)9-17-14(19)11-4-3-5-12-10(11)6-8-15-12/h3-6,8,15H,2,7,9H2,1H3,(H,16,18)(H,17,19). The molecule has 0 spiro atoms. The van der Waals surface area contributed by atoms with E-state index >= 15 is 0 Å². The van der Waals surface area contributed by atoms with Crippen LogP contribution in [-0.2, 0) is 4.79 Å². The summed E-state index contributed by atoms with van der Waals surface area (Å²) in [5.41, 5.74) is 1.48. The fraction of sp³-hybridized carbons (Fsp3) is 0.286. The molecule has 0 unspecified atom stereocenters. The van der Waals surface area contributed by atoms with Crippen molar-refractivity contribution in [3.63, 3.8) is 0 Å². The average molecular weight is 259 g/mol. The van der Waals surface area contributed by atoms with E-state index in [0.717, 1.165) is 17.3 Å².